The molecule has 1 amide bonds. The van der Waals surface area contributed by atoms with Gasteiger partial charge in [-0.15, -0.1) is 0 Å². The Bertz CT molecular complexity index is 632. The molecule has 1 aromatic carbocycles. The maximum absolute atomic E-state index is 12.7. The van der Waals surface area contributed by atoms with Gasteiger partial charge in [0, 0.05) is 18.7 Å². The highest BCUT2D eigenvalue weighted by Gasteiger charge is 2.23. The lowest BCUT2D eigenvalue weighted by Crippen LogP contribution is -2.32. The van der Waals surface area contributed by atoms with Crippen LogP contribution in [0.3, 0.4) is 0 Å². The van der Waals surface area contributed by atoms with Crippen molar-refractivity contribution in [2.45, 2.75) is 33.1 Å². The SMILES string of the molecule is CC(C)[C@H]1CCCN(C(=O)c2ccc3nc[nH]c3c2)CC1. The number of carbonyl (C=O) groups excluding carboxylic acids is 1. The van der Waals surface area contributed by atoms with Gasteiger partial charge in [0.05, 0.1) is 17.4 Å². The number of likely N-dealkylation sites (tertiary alicyclic amines) is 1. The summed E-state index contributed by atoms with van der Waals surface area (Å²) in [7, 11) is 0. The van der Waals surface area contributed by atoms with E-state index in [1.807, 2.05) is 23.1 Å². The summed E-state index contributed by atoms with van der Waals surface area (Å²) in [5.41, 5.74) is 2.59. The number of hydrogen-bond acceptors (Lipinski definition) is 2. The number of aromatic amines is 1. The van der Waals surface area contributed by atoms with Crippen LogP contribution in [-0.4, -0.2) is 33.9 Å². The first kappa shape index (κ1) is 14.1. The Hall–Kier alpha value is -1.84. The van der Waals surface area contributed by atoms with Gasteiger partial charge in [-0.3, -0.25) is 4.79 Å². The van der Waals surface area contributed by atoms with E-state index in [0.29, 0.717) is 5.92 Å². The van der Waals surface area contributed by atoms with Gasteiger partial charge in [-0.1, -0.05) is 13.8 Å². The van der Waals surface area contributed by atoms with Crippen LogP contribution < -0.4 is 0 Å². The quantitative estimate of drug-likeness (QED) is 0.918. The van der Waals surface area contributed by atoms with E-state index in [9.17, 15) is 4.79 Å². The van der Waals surface area contributed by atoms with Crippen LogP contribution in [-0.2, 0) is 0 Å². The summed E-state index contributed by atoms with van der Waals surface area (Å²) in [5, 5.41) is 0. The first-order valence-corrected chi connectivity index (χ1v) is 7.87. The van der Waals surface area contributed by atoms with Gasteiger partial charge < -0.3 is 9.88 Å². The molecule has 0 radical (unpaired) electrons. The Kier molecular flexibility index (Phi) is 3.95. The maximum Gasteiger partial charge on any atom is 0.253 e. The highest BCUT2D eigenvalue weighted by Crippen LogP contribution is 2.25. The molecule has 4 nitrogen and oxygen atoms in total. The van der Waals surface area contributed by atoms with E-state index in [4.69, 9.17) is 0 Å². The number of hydrogen-bond donors (Lipinski definition) is 1. The van der Waals surface area contributed by atoms with Crippen LogP contribution in [0.25, 0.3) is 11.0 Å². The molecule has 0 aliphatic carbocycles. The van der Waals surface area contributed by atoms with E-state index < -0.39 is 0 Å². The zero-order chi connectivity index (χ0) is 14.8. The molecule has 1 N–H and O–H groups in total. The average Bonchev–Trinajstić information content (AvgIpc) is 2.80. The lowest BCUT2D eigenvalue weighted by molar-refractivity contribution is 0.0759. The van der Waals surface area contributed by atoms with Crippen molar-refractivity contribution in [1.29, 1.82) is 0 Å². The van der Waals surface area contributed by atoms with E-state index in [2.05, 4.69) is 23.8 Å². The molecular formula is C17H23N3O. The van der Waals surface area contributed by atoms with Gasteiger partial charge in [-0.05, 0) is 49.3 Å². The summed E-state index contributed by atoms with van der Waals surface area (Å²) in [6.07, 6.45) is 5.13. The zero-order valence-corrected chi connectivity index (χ0v) is 12.8. The van der Waals surface area contributed by atoms with Crippen LogP contribution in [0.4, 0.5) is 0 Å². The van der Waals surface area contributed by atoms with Crippen molar-refractivity contribution in [3.05, 3.63) is 30.1 Å². The van der Waals surface area contributed by atoms with Gasteiger partial charge in [-0.25, -0.2) is 4.98 Å². The Morgan fingerprint density at radius 2 is 2.19 bits per heavy atom. The Morgan fingerprint density at radius 3 is 3.00 bits per heavy atom. The Balaban J connectivity index is 1.75. The summed E-state index contributed by atoms with van der Waals surface area (Å²) in [6, 6.07) is 5.71. The smallest absolute Gasteiger partial charge is 0.253 e. The molecule has 0 spiro atoms. The van der Waals surface area contributed by atoms with Crippen LogP contribution in [0, 0.1) is 11.8 Å². The molecule has 0 saturated carbocycles. The molecule has 1 fully saturated rings. The zero-order valence-electron chi connectivity index (χ0n) is 12.8. The van der Waals surface area contributed by atoms with Crippen molar-refractivity contribution in [2.24, 2.45) is 11.8 Å². The second kappa shape index (κ2) is 5.88. The topological polar surface area (TPSA) is 49.0 Å². The first-order chi connectivity index (χ1) is 10.1. The third-order valence-electron chi connectivity index (χ3n) is 4.67. The molecule has 1 saturated heterocycles. The Labute approximate surface area is 125 Å². The maximum atomic E-state index is 12.7. The average molecular weight is 285 g/mol. The van der Waals surface area contributed by atoms with Gasteiger partial charge in [0.15, 0.2) is 0 Å². The van der Waals surface area contributed by atoms with E-state index in [1.165, 1.54) is 6.42 Å². The van der Waals surface area contributed by atoms with E-state index in [1.54, 1.807) is 6.33 Å². The van der Waals surface area contributed by atoms with E-state index in [0.717, 1.165) is 48.4 Å². The number of benzene rings is 1. The minimum absolute atomic E-state index is 0.149. The summed E-state index contributed by atoms with van der Waals surface area (Å²) < 4.78 is 0. The van der Waals surface area contributed by atoms with Crippen molar-refractivity contribution in [3.8, 4) is 0 Å². The fraction of sp³-hybridized carbons (Fsp3) is 0.529. The van der Waals surface area contributed by atoms with Gasteiger partial charge in [0.25, 0.3) is 5.91 Å². The fourth-order valence-corrected chi connectivity index (χ4v) is 3.24. The highest BCUT2D eigenvalue weighted by molar-refractivity contribution is 5.97. The molecular weight excluding hydrogens is 262 g/mol. The normalized spacial score (nSPS) is 20.0. The van der Waals surface area contributed by atoms with E-state index in [-0.39, 0.29) is 5.91 Å². The van der Waals surface area contributed by atoms with Gasteiger partial charge in [-0.2, -0.15) is 0 Å². The van der Waals surface area contributed by atoms with Crippen LogP contribution in [0.2, 0.25) is 0 Å². The van der Waals surface area contributed by atoms with Crippen molar-refractivity contribution in [2.75, 3.05) is 13.1 Å². The number of fused-ring (bicyclic) bond motifs is 1. The van der Waals surface area contributed by atoms with Gasteiger partial charge in [0.2, 0.25) is 0 Å². The van der Waals surface area contributed by atoms with Crippen LogP contribution in [0.15, 0.2) is 24.5 Å². The number of nitrogens with zero attached hydrogens (tertiary/aromatic N) is 2. The minimum atomic E-state index is 0.149. The molecule has 0 bridgehead atoms. The third kappa shape index (κ3) is 2.94. The monoisotopic (exact) mass is 285 g/mol. The molecule has 2 heterocycles. The second-order valence-corrected chi connectivity index (χ2v) is 6.36. The van der Waals surface area contributed by atoms with Crippen LogP contribution in [0.5, 0.6) is 0 Å². The lowest BCUT2D eigenvalue weighted by Gasteiger charge is -2.21. The number of carbonyl (C=O) groups is 1. The number of nitrogens with one attached hydrogen (secondary N) is 1. The predicted octanol–water partition coefficient (Wildman–Crippen LogP) is 3.46. The van der Waals surface area contributed by atoms with Crippen LogP contribution in [0.1, 0.15) is 43.5 Å². The van der Waals surface area contributed by atoms with Gasteiger partial charge in [0.1, 0.15) is 0 Å². The molecule has 1 aliphatic heterocycles. The molecule has 3 rings (SSSR count). The van der Waals surface area contributed by atoms with Crippen molar-refractivity contribution in [1.82, 2.24) is 14.9 Å². The standard InChI is InChI=1S/C17H23N3O/c1-12(2)13-4-3-8-20(9-7-13)17(21)14-5-6-15-16(10-14)19-11-18-15/h5-6,10-13H,3-4,7-9H2,1-2H3,(H,18,19)/t13-/m0/s1. The molecule has 1 atom stereocenters. The number of rotatable bonds is 2. The summed E-state index contributed by atoms with van der Waals surface area (Å²) >= 11 is 0. The van der Waals surface area contributed by atoms with Crippen molar-refractivity contribution >= 4 is 16.9 Å². The number of amides is 1. The second-order valence-electron chi connectivity index (χ2n) is 6.36. The summed E-state index contributed by atoms with van der Waals surface area (Å²) in [4.78, 5) is 22.0. The van der Waals surface area contributed by atoms with E-state index >= 15 is 0 Å². The number of aromatic nitrogens is 2. The molecule has 21 heavy (non-hydrogen) atoms. The van der Waals surface area contributed by atoms with Crippen molar-refractivity contribution < 1.29 is 4.79 Å². The minimum Gasteiger partial charge on any atom is -0.345 e. The number of imidazole rings is 1. The molecule has 112 valence electrons. The molecule has 2 aromatic rings. The predicted molar refractivity (Wildman–Crippen MR) is 84.2 cm³/mol. The largest absolute Gasteiger partial charge is 0.345 e. The van der Waals surface area contributed by atoms with Gasteiger partial charge >= 0.3 is 0 Å². The Morgan fingerprint density at radius 1 is 1.33 bits per heavy atom. The van der Waals surface area contributed by atoms with Crippen molar-refractivity contribution in [3.63, 3.8) is 0 Å². The summed E-state index contributed by atoms with van der Waals surface area (Å²) in [6.45, 7) is 6.33. The summed E-state index contributed by atoms with van der Waals surface area (Å²) in [5.74, 6) is 1.61. The molecule has 4 heteroatoms. The van der Waals surface area contributed by atoms with Crippen LogP contribution >= 0.6 is 0 Å². The number of H-pyrrole nitrogens is 1. The molecule has 0 unspecified atom stereocenters. The fourth-order valence-electron chi connectivity index (χ4n) is 3.24. The highest BCUT2D eigenvalue weighted by atomic mass is 16.2. The molecule has 1 aromatic heterocycles. The molecule has 1 aliphatic rings. The first-order valence-electron chi connectivity index (χ1n) is 7.87. The third-order valence-corrected chi connectivity index (χ3v) is 4.67. The lowest BCUT2D eigenvalue weighted by atomic mass is 9.89.